The Balaban J connectivity index is 2.71. The van der Waals surface area contributed by atoms with Gasteiger partial charge < -0.3 is 9.52 Å². The van der Waals surface area contributed by atoms with E-state index in [0.29, 0.717) is 5.76 Å². The molecule has 0 saturated heterocycles. The highest BCUT2D eigenvalue weighted by atomic mass is 16.6. The van der Waals surface area contributed by atoms with Crippen LogP contribution in [0.4, 0.5) is 5.88 Å². The molecule has 0 atom stereocenters. The lowest BCUT2D eigenvalue weighted by molar-refractivity contribution is -0.402. The minimum atomic E-state index is -0.945. The van der Waals surface area contributed by atoms with Crippen molar-refractivity contribution in [2.45, 2.75) is 26.4 Å². The normalized spacial score (nSPS) is 11.1. The predicted octanol–water partition coefficient (Wildman–Crippen LogP) is 1.48. The molecule has 94 valence electrons. The molecule has 0 radical (unpaired) electrons. The van der Waals surface area contributed by atoms with Crippen LogP contribution < -0.4 is 0 Å². The molecule has 0 bridgehead atoms. The van der Waals surface area contributed by atoms with Gasteiger partial charge in [0.15, 0.2) is 0 Å². The molecule has 1 aromatic rings. The molecular weight excluding hydrogens is 228 g/mol. The molecular formula is C10H14N2O5. The molecule has 1 rings (SSSR count). The van der Waals surface area contributed by atoms with Gasteiger partial charge in [-0.25, -0.2) is 0 Å². The van der Waals surface area contributed by atoms with E-state index in [0.717, 1.165) is 0 Å². The van der Waals surface area contributed by atoms with Gasteiger partial charge in [-0.15, -0.1) is 0 Å². The molecule has 7 nitrogen and oxygen atoms in total. The highest BCUT2D eigenvalue weighted by Crippen LogP contribution is 2.17. The second-order valence-electron chi connectivity index (χ2n) is 3.89. The molecule has 0 aliphatic rings. The minimum Gasteiger partial charge on any atom is -0.480 e. The van der Waals surface area contributed by atoms with Crippen molar-refractivity contribution in [3.63, 3.8) is 0 Å². The van der Waals surface area contributed by atoms with Crippen LogP contribution in [0, 0.1) is 10.1 Å². The van der Waals surface area contributed by atoms with E-state index in [2.05, 4.69) is 0 Å². The van der Waals surface area contributed by atoms with Crippen molar-refractivity contribution >= 4 is 11.9 Å². The third kappa shape index (κ3) is 3.87. The number of aliphatic carboxylic acids is 1. The maximum Gasteiger partial charge on any atom is 0.433 e. The summed E-state index contributed by atoms with van der Waals surface area (Å²) in [6.07, 6.45) is 0. The smallest absolute Gasteiger partial charge is 0.433 e. The van der Waals surface area contributed by atoms with Crippen molar-refractivity contribution < 1.29 is 19.2 Å². The van der Waals surface area contributed by atoms with Crippen molar-refractivity contribution in [1.29, 1.82) is 0 Å². The van der Waals surface area contributed by atoms with Crippen molar-refractivity contribution in [3.05, 3.63) is 28.0 Å². The van der Waals surface area contributed by atoms with Crippen LogP contribution in [-0.4, -0.2) is 33.5 Å². The van der Waals surface area contributed by atoms with E-state index in [4.69, 9.17) is 9.52 Å². The molecule has 0 saturated carbocycles. The number of carboxylic acid groups (broad SMARTS) is 1. The molecule has 0 unspecified atom stereocenters. The second kappa shape index (κ2) is 5.44. The summed E-state index contributed by atoms with van der Waals surface area (Å²) in [5, 5.41) is 19.1. The first-order valence-electron chi connectivity index (χ1n) is 5.09. The monoisotopic (exact) mass is 242 g/mol. The van der Waals surface area contributed by atoms with Crippen molar-refractivity contribution in [2.75, 3.05) is 6.54 Å². The first-order valence-corrected chi connectivity index (χ1v) is 5.09. The summed E-state index contributed by atoms with van der Waals surface area (Å²) in [5.41, 5.74) is 0. The molecule has 0 aliphatic heterocycles. The first-order chi connectivity index (χ1) is 7.90. The predicted molar refractivity (Wildman–Crippen MR) is 58.5 cm³/mol. The van der Waals surface area contributed by atoms with Crippen LogP contribution in [0.25, 0.3) is 0 Å². The molecule has 0 fully saturated rings. The lowest BCUT2D eigenvalue weighted by Gasteiger charge is -2.22. The standard InChI is InChI=1S/C10H14N2O5/c1-7(2)11(6-10(13)14)5-8-3-4-9(17-8)12(15)16/h3-4,7H,5-6H2,1-2H3,(H,13,14). The van der Waals surface area contributed by atoms with E-state index in [1.54, 1.807) is 4.90 Å². The van der Waals surface area contributed by atoms with Crippen molar-refractivity contribution in [1.82, 2.24) is 4.90 Å². The van der Waals surface area contributed by atoms with Gasteiger partial charge in [0.05, 0.1) is 19.2 Å². The number of rotatable bonds is 6. The zero-order chi connectivity index (χ0) is 13.0. The fraction of sp³-hybridized carbons (Fsp3) is 0.500. The topological polar surface area (TPSA) is 96.8 Å². The highest BCUT2D eigenvalue weighted by molar-refractivity contribution is 5.69. The number of furan rings is 1. The minimum absolute atomic E-state index is 0.00950. The Morgan fingerprint density at radius 1 is 1.59 bits per heavy atom. The number of hydrogen-bond acceptors (Lipinski definition) is 5. The van der Waals surface area contributed by atoms with E-state index in [1.165, 1.54) is 12.1 Å². The third-order valence-corrected chi connectivity index (χ3v) is 2.25. The summed E-state index contributed by atoms with van der Waals surface area (Å²) in [5.74, 6) is -0.898. The zero-order valence-electron chi connectivity index (χ0n) is 9.62. The zero-order valence-corrected chi connectivity index (χ0v) is 9.62. The quantitative estimate of drug-likeness (QED) is 0.599. The van der Waals surface area contributed by atoms with Crippen LogP contribution in [-0.2, 0) is 11.3 Å². The van der Waals surface area contributed by atoms with Crippen LogP contribution in [0.5, 0.6) is 0 Å². The van der Waals surface area contributed by atoms with Gasteiger partial charge in [0.1, 0.15) is 10.7 Å². The SMILES string of the molecule is CC(C)N(CC(=O)O)Cc1ccc([N+](=O)[O-])o1. The van der Waals surface area contributed by atoms with Crippen LogP contribution >= 0.6 is 0 Å². The Labute approximate surface area is 97.8 Å². The maximum absolute atomic E-state index is 10.6. The maximum atomic E-state index is 10.6. The molecule has 7 heteroatoms. The van der Waals surface area contributed by atoms with Crippen molar-refractivity contribution in [3.8, 4) is 0 Å². The van der Waals surface area contributed by atoms with E-state index in [9.17, 15) is 14.9 Å². The van der Waals surface area contributed by atoms with Gasteiger partial charge in [0.2, 0.25) is 0 Å². The van der Waals surface area contributed by atoms with E-state index >= 15 is 0 Å². The Morgan fingerprint density at radius 2 is 2.24 bits per heavy atom. The van der Waals surface area contributed by atoms with Gasteiger partial charge in [-0.1, -0.05) is 0 Å². The summed E-state index contributed by atoms with van der Waals surface area (Å²) >= 11 is 0. The average Bonchev–Trinajstić information content (AvgIpc) is 2.64. The van der Waals surface area contributed by atoms with Crippen LogP contribution in [0.1, 0.15) is 19.6 Å². The third-order valence-electron chi connectivity index (χ3n) is 2.25. The van der Waals surface area contributed by atoms with Crippen LogP contribution in [0.3, 0.4) is 0 Å². The number of carbonyl (C=O) groups is 1. The van der Waals surface area contributed by atoms with Gasteiger partial charge in [-0.05, 0) is 19.9 Å². The van der Waals surface area contributed by atoms with Gasteiger partial charge in [0, 0.05) is 6.04 Å². The fourth-order valence-corrected chi connectivity index (χ4v) is 1.34. The van der Waals surface area contributed by atoms with E-state index < -0.39 is 10.9 Å². The van der Waals surface area contributed by atoms with Crippen LogP contribution in [0.15, 0.2) is 16.5 Å². The Bertz CT molecular complexity index is 413. The van der Waals surface area contributed by atoms with E-state index in [-0.39, 0.29) is 25.0 Å². The number of nitrogens with zero attached hydrogens (tertiary/aromatic N) is 2. The van der Waals surface area contributed by atoms with Crippen LogP contribution in [0.2, 0.25) is 0 Å². The summed E-state index contributed by atoms with van der Waals surface area (Å²) < 4.78 is 4.97. The van der Waals surface area contributed by atoms with Crippen molar-refractivity contribution in [2.24, 2.45) is 0 Å². The molecule has 0 aliphatic carbocycles. The number of carboxylic acids is 1. The Kier molecular flexibility index (Phi) is 4.22. The lowest BCUT2D eigenvalue weighted by Crippen LogP contribution is -2.34. The molecule has 1 aromatic heterocycles. The number of hydrogen-bond donors (Lipinski definition) is 1. The largest absolute Gasteiger partial charge is 0.480 e. The summed E-state index contributed by atoms with van der Waals surface area (Å²) in [7, 11) is 0. The first kappa shape index (κ1) is 13.2. The lowest BCUT2D eigenvalue weighted by atomic mass is 10.3. The molecule has 17 heavy (non-hydrogen) atoms. The van der Waals surface area contributed by atoms with Gasteiger partial charge in [-0.3, -0.25) is 19.8 Å². The second-order valence-corrected chi connectivity index (χ2v) is 3.89. The summed E-state index contributed by atoms with van der Waals surface area (Å²) in [6, 6.07) is 2.75. The Morgan fingerprint density at radius 3 is 2.65 bits per heavy atom. The average molecular weight is 242 g/mol. The van der Waals surface area contributed by atoms with E-state index in [1.807, 2.05) is 13.8 Å². The fourth-order valence-electron chi connectivity index (χ4n) is 1.34. The van der Waals surface area contributed by atoms with Gasteiger partial charge >= 0.3 is 11.9 Å². The van der Waals surface area contributed by atoms with Gasteiger partial charge in [-0.2, -0.15) is 0 Å². The summed E-state index contributed by atoms with van der Waals surface area (Å²) in [6.45, 7) is 3.80. The molecule has 0 spiro atoms. The molecule has 0 amide bonds. The molecule has 1 N–H and O–H groups in total. The Hall–Kier alpha value is -1.89. The molecule has 0 aromatic carbocycles. The highest BCUT2D eigenvalue weighted by Gasteiger charge is 2.18. The van der Waals surface area contributed by atoms with Gasteiger partial charge in [0.25, 0.3) is 0 Å². The molecule has 1 heterocycles. The summed E-state index contributed by atoms with van der Waals surface area (Å²) in [4.78, 5) is 22.1. The number of nitro groups is 1.